The second kappa shape index (κ2) is 9.98. The molecular weight excluding hydrogens is 436 g/mol. The number of rotatable bonds is 8. The van der Waals surface area contributed by atoms with Crippen LogP contribution in [0.2, 0.25) is 0 Å². The van der Waals surface area contributed by atoms with E-state index in [0.717, 1.165) is 18.8 Å². The smallest absolute Gasteiger partial charge is 0.251 e. The highest BCUT2D eigenvalue weighted by Gasteiger charge is 2.24. The molecule has 0 aliphatic carbocycles. The van der Waals surface area contributed by atoms with Crippen LogP contribution in [0, 0.1) is 0 Å². The van der Waals surface area contributed by atoms with Gasteiger partial charge in [-0.1, -0.05) is 12.1 Å². The third-order valence-electron chi connectivity index (χ3n) is 5.25. The van der Waals surface area contributed by atoms with Crippen molar-refractivity contribution >= 4 is 21.8 Å². The van der Waals surface area contributed by atoms with Crippen LogP contribution >= 0.6 is 15.9 Å². The third kappa shape index (κ3) is 5.03. The fraction of sp³-hybridized carbons (Fsp3) is 0.409. The normalized spacial score (nSPS) is 15.0. The zero-order valence-corrected chi connectivity index (χ0v) is 18.6. The summed E-state index contributed by atoms with van der Waals surface area (Å²) in [6.07, 6.45) is 2.36. The molecule has 1 amide bonds. The number of methoxy groups -OCH3 is 3. The number of carbonyl (C=O) groups is 1. The van der Waals surface area contributed by atoms with Gasteiger partial charge in [0.1, 0.15) is 21.7 Å². The van der Waals surface area contributed by atoms with Crippen LogP contribution in [-0.4, -0.2) is 51.8 Å². The van der Waals surface area contributed by atoms with Crippen LogP contribution in [-0.2, 0) is 0 Å². The van der Waals surface area contributed by atoms with Gasteiger partial charge in [0.2, 0.25) is 0 Å². The Morgan fingerprint density at radius 1 is 1.03 bits per heavy atom. The minimum atomic E-state index is -0.160. The number of hydrogen-bond donors (Lipinski definition) is 1. The van der Waals surface area contributed by atoms with Crippen molar-refractivity contribution in [2.45, 2.75) is 18.9 Å². The van der Waals surface area contributed by atoms with E-state index in [1.54, 1.807) is 33.5 Å². The van der Waals surface area contributed by atoms with Crippen molar-refractivity contribution in [1.29, 1.82) is 0 Å². The van der Waals surface area contributed by atoms with Gasteiger partial charge in [-0.3, -0.25) is 9.69 Å². The highest BCUT2D eigenvalue weighted by molar-refractivity contribution is 9.10. The molecule has 1 N–H and O–H groups in total. The molecule has 2 aromatic rings. The molecule has 1 aliphatic rings. The van der Waals surface area contributed by atoms with Crippen molar-refractivity contribution < 1.29 is 19.0 Å². The molecule has 29 heavy (non-hydrogen) atoms. The van der Waals surface area contributed by atoms with Crippen LogP contribution in [0.1, 0.15) is 34.8 Å². The molecule has 0 saturated carbocycles. The van der Waals surface area contributed by atoms with Gasteiger partial charge in [0.25, 0.3) is 5.91 Å². The lowest BCUT2D eigenvalue weighted by molar-refractivity contribution is 0.0937. The summed E-state index contributed by atoms with van der Waals surface area (Å²) in [4.78, 5) is 15.3. The van der Waals surface area contributed by atoms with Crippen LogP contribution in [0.4, 0.5) is 0 Å². The number of carbonyl (C=O) groups excluding carboxylic acids is 1. The number of benzene rings is 2. The topological polar surface area (TPSA) is 60.0 Å². The van der Waals surface area contributed by atoms with Crippen LogP contribution in [0.25, 0.3) is 0 Å². The van der Waals surface area contributed by atoms with Gasteiger partial charge in [-0.25, -0.2) is 0 Å². The Kier molecular flexibility index (Phi) is 7.39. The van der Waals surface area contributed by atoms with Gasteiger partial charge in [-0.2, -0.15) is 0 Å². The average Bonchev–Trinajstić information content (AvgIpc) is 3.29. The zero-order chi connectivity index (χ0) is 20.8. The van der Waals surface area contributed by atoms with E-state index in [1.165, 1.54) is 18.4 Å². The molecule has 6 nitrogen and oxygen atoms in total. The Hall–Kier alpha value is -2.25. The number of likely N-dealkylation sites (tertiary alicyclic amines) is 1. The number of halogens is 1. The summed E-state index contributed by atoms with van der Waals surface area (Å²) in [5, 5.41) is 3.09. The van der Waals surface area contributed by atoms with Crippen molar-refractivity contribution in [1.82, 2.24) is 10.2 Å². The average molecular weight is 463 g/mol. The number of hydrogen-bond acceptors (Lipinski definition) is 5. The van der Waals surface area contributed by atoms with Crippen LogP contribution in [0.5, 0.6) is 17.2 Å². The predicted molar refractivity (Wildman–Crippen MR) is 116 cm³/mol. The monoisotopic (exact) mass is 462 g/mol. The second-order valence-electron chi connectivity index (χ2n) is 6.94. The van der Waals surface area contributed by atoms with E-state index < -0.39 is 0 Å². The minimum Gasteiger partial charge on any atom is -0.497 e. The Balaban J connectivity index is 1.77. The highest BCUT2D eigenvalue weighted by Crippen LogP contribution is 2.35. The Labute approximate surface area is 180 Å². The number of amides is 1. The van der Waals surface area contributed by atoms with E-state index in [0.29, 0.717) is 28.1 Å². The van der Waals surface area contributed by atoms with E-state index >= 15 is 0 Å². The maximum Gasteiger partial charge on any atom is 0.251 e. The Bertz CT molecular complexity index is 810. The molecule has 7 heteroatoms. The fourth-order valence-electron chi connectivity index (χ4n) is 3.63. The van der Waals surface area contributed by atoms with Crippen molar-refractivity contribution in [2.24, 2.45) is 0 Å². The molecule has 156 valence electrons. The largest absolute Gasteiger partial charge is 0.497 e. The number of nitrogens with one attached hydrogen (secondary N) is 1. The molecule has 2 aromatic carbocycles. The van der Waals surface area contributed by atoms with Gasteiger partial charge in [-0.05, 0) is 71.7 Å². The summed E-state index contributed by atoms with van der Waals surface area (Å²) in [5.74, 6) is 1.78. The lowest BCUT2D eigenvalue weighted by Gasteiger charge is -2.28. The molecule has 0 radical (unpaired) electrons. The van der Waals surface area contributed by atoms with Crippen LogP contribution in [0.3, 0.4) is 0 Å². The van der Waals surface area contributed by atoms with Gasteiger partial charge in [-0.15, -0.1) is 0 Å². The molecule has 1 heterocycles. The fourth-order valence-corrected chi connectivity index (χ4v) is 4.18. The van der Waals surface area contributed by atoms with Gasteiger partial charge in [0.05, 0.1) is 27.4 Å². The van der Waals surface area contributed by atoms with Gasteiger partial charge in [0, 0.05) is 12.1 Å². The summed E-state index contributed by atoms with van der Waals surface area (Å²) in [6.45, 7) is 2.59. The number of nitrogens with zero attached hydrogens (tertiary/aromatic N) is 1. The lowest BCUT2D eigenvalue weighted by atomic mass is 10.0. The Morgan fingerprint density at radius 2 is 1.62 bits per heavy atom. The van der Waals surface area contributed by atoms with Crippen molar-refractivity contribution in [3.05, 3.63) is 52.0 Å². The molecular formula is C22H27BrN2O4. The summed E-state index contributed by atoms with van der Waals surface area (Å²) >= 11 is 3.44. The molecule has 1 atom stereocenters. The summed E-state index contributed by atoms with van der Waals surface area (Å²) in [5.41, 5.74) is 1.66. The van der Waals surface area contributed by atoms with E-state index in [9.17, 15) is 4.79 Å². The zero-order valence-electron chi connectivity index (χ0n) is 17.0. The molecule has 1 unspecified atom stereocenters. The molecule has 1 aliphatic heterocycles. The first-order chi connectivity index (χ1) is 14.1. The van der Waals surface area contributed by atoms with Crippen LogP contribution < -0.4 is 19.5 Å². The van der Waals surface area contributed by atoms with Crippen molar-refractivity contribution in [3.63, 3.8) is 0 Å². The van der Waals surface area contributed by atoms with Gasteiger partial charge < -0.3 is 19.5 Å². The molecule has 1 fully saturated rings. The molecule has 1 saturated heterocycles. The Morgan fingerprint density at radius 3 is 2.14 bits per heavy atom. The number of ether oxygens (including phenoxy) is 3. The molecule has 3 rings (SSSR count). The first kappa shape index (κ1) is 21.5. The molecule has 0 spiro atoms. The SMILES string of the molecule is COc1ccc(C(CNC(=O)c2cc(OC)c(Br)c(OC)c2)N2CCCC2)cc1. The van der Waals surface area contributed by atoms with Crippen molar-refractivity contribution in [2.75, 3.05) is 41.0 Å². The quantitative estimate of drug-likeness (QED) is 0.641. The summed E-state index contributed by atoms with van der Waals surface area (Å²) < 4.78 is 16.7. The van der Waals surface area contributed by atoms with Crippen LogP contribution in [0.15, 0.2) is 40.9 Å². The maximum absolute atomic E-state index is 12.9. The van der Waals surface area contributed by atoms with Gasteiger partial charge >= 0.3 is 0 Å². The maximum atomic E-state index is 12.9. The third-order valence-corrected chi connectivity index (χ3v) is 6.03. The van der Waals surface area contributed by atoms with E-state index in [1.807, 2.05) is 12.1 Å². The van der Waals surface area contributed by atoms with E-state index in [4.69, 9.17) is 14.2 Å². The lowest BCUT2D eigenvalue weighted by Crippen LogP contribution is -2.36. The minimum absolute atomic E-state index is 0.117. The molecule has 0 aromatic heterocycles. The van der Waals surface area contributed by atoms with Crippen molar-refractivity contribution in [3.8, 4) is 17.2 Å². The summed E-state index contributed by atoms with van der Waals surface area (Å²) in [6, 6.07) is 11.6. The molecule has 0 bridgehead atoms. The first-order valence-corrected chi connectivity index (χ1v) is 10.4. The predicted octanol–water partition coefficient (Wildman–Crippen LogP) is 4.04. The summed E-state index contributed by atoms with van der Waals surface area (Å²) in [7, 11) is 4.79. The standard InChI is InChI=1S/C22H27BrN2O4/c1-27-17-8-6-15(7-9-17)18(25-10-4-5-11-25)14-24-22(26)16-12-19(28-2)21(23)20(13-16)29-3/h6-9,12-13,18H,4-5,10-11,14H2,1-3H3,(H,24,26). The second-order valence-corrected chi connectivity index (χ2v) is 7.73. The van der Waals surface area contributed by atoms with E-state index in [-0.39, 0.29) is 11.9 Å². The highest BCUT2D eigenvalue weighted by atomic mass is 79.9. The van der Waals surface area contributed by atoms with E-state index in [2.05, 4.69) is 38.3 Å². The first-order valence-electron chi connectivity index (χ1n) is 9.65. The van der Waals surface area contributed by atoms with Gasteiger partial charge in [0.15, 0.2) is 0 Å².